The molecular weight excluding hydrogens is 215 g/mol. The van der Waals surface area contributed by atoms with Gasteiger partial charge in [-0.15, -0.1) is 0 Å². The smallest absolute Gasteiger partial charge is 0.412 e. The molecule has 0 amide bonds. The first-order valence-corrected chi connectivity index (χ1v) is 3.94. The molecule has 0 aromatic carbocycles. The van der Waals surface area contributed by atoms with Gasteiger partial charge >= 0.3 is 51.4 Å². The van der Waals surface area contributed by atoms with Gasteiger partial charge in [0, 0.05) is 18.9 Å². The Balaban J connectivity index is 0.00000121. The summed E-state index contributed by atoms with van der Waals surface area (Å²) >= 11 is 9.36. The molecule has 0 aliphatic carbocycles. The second-order valence-corrected chi connectivity index (χ2v) is 3.08. The summed E-state index contributed by atoms with van der Waals surface area (Å²) in [5.41, 5.74) is 1.08. The summed E-state index contributed by atoms with van der Waals surface area (Å²) in [5.74, 6) is 0. The minimum Gasteiger partial charge on any atom is -0.412 e. The average Bonchev–Trinajstić information content (AvgIpc) is 2.03. The van der Waals surface area contributed by atoms with E-state index in [9.17, 15) is 0 Å². The van der Waals surface area contributed by atoms with Crippen molar-refractivity contribution in [2.45, 2.75) is 6.54 Å². The van der Waals surface area contributed by atoms with Crippen LogP contribution in [0.15, 0.2) is 24.5 Å². The van der Waals surface area contributed by atoms with Crippen molar-refractivity contribution >= 4 is 29.2 Å². The van der Waals surface area contributed by atoms with Gasteiger partial charge in [0.1, 0.15) is 0 Å². The van der Waals surface area contributed by atoms with Crippen molar-refractivity contribution in [2.75, 3.05) is 0 Å². The van der Waals surface area contributed by atoms with E-state index in [1.165, 1.54) is 0 Å². The molecule has 0 unspecified atom stereocenters. The topological polar surface area (TPSA) is 24.9 Å². The van der Waals surface area contributed by atoms with Crippen LogP contribution in [0.3, 0.4) is 0 Å². The molecule has 0 fully saturated rings. The molecule has 0 saturated heterocycles. The Morgan fingerprint density at radius 3 is 2.92 bits per heavy atom. The van der Waals surface area contributed by atoms with Crippen LogP contribution in [0.4, 0.5) is 0 Å². The van der Waals surface area contributed by atoms with Crippen molar-refractivity contribution in [1.29, 1.82) is 0 Å². The molecule has 1 N–H and O–H groups in total. The largest absolute Gasteiger partial charge is 1.00 e. The number of hydrogen-bond acceptors (Lipinski definition) is 3. The van der Waals surface area contributed by atoms with Crippen LogP contribution in [-0.2, 0) is 19.2 Å². The van der Waals surface area contributed by atoms with Gasteiger partial charge in [-0.3, -0.25) is 4.98 Å². The van der Waals surface area contributed by atoms with Crippen molar-refractivity contribution in [1.82, 2.24) is 10.3 Å². The summed E-state index contributed by atoms with van der Waals surface area (Å²) in [6.07, 6.45) is 3.51. The van der Waals surface area contributed by atoms with Gasteiger partial charge in [-0.05, 0) is 11.6 Å². The van der Waals surface area contributed by atoms with E-state index in [0.29, 0.717) is 10.9 Å². The molecule has 1 heterocycles. The van der Waals surface area contributed by atoms with Gasteiger partial charge in [-0.2, -0.15) is 0 Å². The van der Waals surface area contributed by atoms with Crippen LogP contribution >= 0.6 is 12.2 Å². The zero-order valence-electron chi connectivity index (χ0n) is 6.78. The average molecular weight is 222 g/mol. The Morgan fingerprint density at radius 1 is 1.67 bits per heavy atom. The van der Waals surface area contributed by atoms with Crippen molar-refractivity contribution in [3.05, 3.63) is 30.1 Å². The molecular formula is C7H7KN2S2. The molecule has 12 heavy (non-hydrogen) atoms. The summed E-state index contributed by atoms with van der Waals surface area (Å²) in [6, 6.07) is 3.84. The van der Waals surface area contributed by atoms with E-state index in [0.717, 1.165) is 5.56 Å². The van der Waals surface area contributed by atoms with Crippen LogP contribution < -0.4 is 56.7 Å². The molecule has 5 heteroatoms. The van der Waals surface area contributed by atoms with Gasteiger partial charge in [0.15, 0.2) is 0 Å². The molecule has 0 aliphatic rings. The number of thiocarbonyl (C=S) groups is 1. The van der Waals surface area contributed by atoms with E-state index >= 15 is 0 Å². The number of hydrogen-bond donors (Lipinski definition) is 1. The maximum absolute atomic E-state index is 4.68. The second kappa shape index (κ2) is 7.31. The number of pyridine rings is 1. The third kappa shape index (κ3) is 5.53. The van der Waals surface area contributed by atoms with Crippen molar-refractivity contribution < 1.29 is 51.4 Å². The zero-order valence-corrected chi connectivity index (χ0v) is 11.5. The fourth-order valence-corrected chi connectivity index (χ4v) is 0.821. The fourth-order valence-electron chi connectivity index (χ4n) is 0.677. The zero-order chi connectivity index (χ0) is 8.10. The van der Waals surface area contributed by atoms with Crippen molar-refractivity contribution in [3.8, 4) is 0 Å². The molecule has 1 aromatic rings. The van der Waals surface area contributed by atoms with E-state index in [1.54, 1.807) is 12.4 Å². The van der Waals surface area contributed by atoms with Gasteiger partial charge in [0.2, 0.25) is 0 Å². The molecule has 2 nitrogen and oxygen atoms in total. The van der Waals surface area contributed by atoms with Crippen LogP contribution in [0.5, 0.6) is 0 Å². The van der Waals surface area contributed by atoms with E-state index in [4.69, 9.17) is 0 Å². The van der Waals surface area contributed by atoms with E-state index < -0.39 is 0 Å². The minimum absolute atomic E-state index is 0. The van der Waals surface area contributed by atoms with Crippen LogP contribution in [0.25, 0.3) is 0 Å². The third-order valence-electron chi connectivity index (χ3n) is 1.16. The third-order valence-corrected chi connectivity index (χ3v) is 1.45. The number of nitrogens with one attached hydrogen (secondary N) is 1. The molecule has 1 rings (SSSR count). The quantitative estimate of drug-likeness (QED) is 0.356. The monoisotopic (exact) mass is 222 g/mol. The van der Waals surface area contributed by atoms with Crippen LogP contribution in [0, 0.1) is 0 Å². The molecule has 0 atom stereocenters. The first-order chi connectivity index (χ1) is 5.29. The Hall–Kier alpha value is 0.896. The van der Waals surface area contributed by atoms with E-state index in [1.807, 2.05) is 12.1 Å². The summed E-state index contributed by atoms with van der Waals surface area (Å²) in [7, 11) is 0. The van der Waals surface area contributed by atoms with Crippen molar-refractivity contribution in [3.63, 3.8) is 0 Å². The van der Waals surface area contributed by atoms with Gasteiger partial charge < -0.3 is 30.2 Å². The maximum atomic E-state index is 4.68. The molecule has 0 aliphatic heterocycles. The SMILES string of the molecule is S=C([S-])NCc1cccnc1.[K+]. The molecule has 1 aromatic heterocycles. The number of rotatable bonds is 2. The Labute approximate surface area is 125 Å². The first-order valence-electron chi connectivity index (χ1n) is 3.13. The Kier molecular flexibility index (Phi) is 7.86. The molecule has 0 saturated carbocycles. The summed E-state index contributed by atoms with van der Waals surface area (Å²) in [6.45, 7) is 0.663. The predicted octanol–water partition coefficient (Wildman–Crippen LogP) is -1.99. The molecule has 0 bridgehead atoms. The molecule has 0 radical (unpaired) electrons. The number of aromatic nitrogens is 1. The number of nitrogens with zero attached hydrogens (tertiary/aromatic N) is 1. The van der Waals surface area contributed by atoms with E-state index in [2.05, 4.69) is 35.1 Å². The summed E-state index contributed by atoms with van der Waals surface area (Å²) in [5, 5.41) is 2.87. The van der Waals surface area contributed by atoms with Gasteiger partial charge in [0.25, 0.3) is 0 Å². The van der Waals surface area contributed by atoms with Crippen LogP contribution in [0.1, 0.15) is 5.56 Å². The summed E-state index contributed by atoms with van der Waals surface area (Å²) < 4.78 is 0.397. The van der Waals surface area contributed by atoms with Gasteiger partial charge in [-0.25, -0.2) is 0 Å². The molecule has 0 spiro atoms. The standard InChI is InChI=1S/C7H8N2S2.K/c10-7(11)9-5-6-2-1-3-8-4-6;/h1-4H,5H2,(H2,9,10,11);/q;+1/p-1. The minimum atomic E-state index is 0. The second-order valence-electron chi connectivity index (χ2n) is 2.00. The van der Waals surface area contributed by atoms with Gasteiger partial charge in [0.05, 0.1) is 0 Å². The first kappa shape index (κ1) is 12.9. The van der Waals surface area contributed by atoms with Crippen LogP contribution in [-0.4, -0.2) is 9.30 Å². The normalized spacial score (nSPS) is 8.33. The van der Waals surface area contributed by atoms with E-state index in [-0.39, 0.29) is 51.4 Å². The Bertz CT molecular complexity index is 240. The van der Waals surface area contributed by atoms with Crippen molar-refractivity contribution in [2.24, 2.45) is 0 Å². The predicted molar refractivity (Wildman–Crippen MR) is 51.0 cm³/mol. The Morgan fingerprint density at radius 2 is 2.42 bits per heavy atom. The van der Waals surface area contributed by atoms with Gasteiger partial charge in [-0.1, -0.05) is 10.4 Å². The molecule has 58 valence electrons. The maximum Gasteiger partial charge on any atom is 1.00 e. The fraction of sp³-hybridized carbons (Fsp3) is 0.143. The van der Waals surface area contributed by atoms with Crippen LogP contribution in [0.2, 0.25) is 0 Å². The summed E-state index contributed by atoms with van der Waals surface area (Å²) in [4.78, 5) is 3.95.